The predicted octanol–water partition coefficient (Wildman–Crippen LogP) is 1.98. The van der Waals surface area contributed by atoms with Gasteiger partial charge >= 0.3 is 0 Å². The number of hydrogen-bond acceptors (Lipinski definition) is 6. The summed E-state index contributed by atoms with van der Waals surface area (Å²) in [6, 6.07) is 5.48. The van der Waals surface area contributed by atoms with Gasteiger partial charge in [0.25, 0.3) is 0 Å². The van der Waals surface area contributed by atoms with Gasteiger partial charge in [0.05, 0.1) is 19.6 Å². The van der Waals surface area contributed by atoms with Gasteiger partial charge in [-0.05, 0) is 12.1 Å². The zero-order valence-corrected chi connectivity index (χ0v) is 9.93. The second-order valence-electron chi connectivity index (χ2n) is 3.81. The van der Waals surface area contributed by atoms with Crippen LogP contribution >= 0.6 is 0 Å². The molecule has 0 aliphatic carbocycles. The number of fused-ring (bicyclic) bond motifs is 2. The summed E-state index contributed by atoms with van der Waals surface area (Å²) < 4.78 is 15.4. The highest BCUT2D eigenvalue weighted by Crippen LogP contribution is 2.32. The monoisotopic (exact) mass is 245 g/mol. The highest BCUT2D eigenvalue weighted by atomic mass is 16.5. The second-order valence-corrected chi connectivity index (χ2v) is 3.81. The predicted molar refractivity (Wildman–Crippen MR) is 66.8 cm³/mol. The quantitative estimate of drug-likeness (QED) is 0.743. The molecule has 0 bridgehead atoms. The smallest absolute Gasteiger partial charge is 0.231 e. The Morgan fingerprint density at radius 1 is 1.17 bits per heavy atom. The molecule has 6 nitrogen and oxygen atoms in total. The first-order valence-electron chi connectivity index (χ1n) is 5.30. The van der Waals surface area contributed by atoms with Gasteiger partial charge in [-0.15, -0.1) is 0 Å². The van der Waals surface area contributed by atoms with E-state index in [1.54, 1.807) is 20.3 Å². The van der Waals surface area contributed by atoms with Crippen LogP contribution in [0.3, 0.4) is 0 Å². The van der Waals surface area contributed by atoms with Crippen LogP contribution in [0, 0.1) is 0 Å². The Morgan fingerprint density at radius 2 is 2.00 bits per heavy atom. The van der Waals surface area contributed by atoms with Crippen molar-refractivity contribution < 1.29 is 14.0 Å². The average molecular weight is 245 g/mol. The minimum Gasteiger partial charge on any atom is -0.497 e. The van der Waals surface area contributed by atoms with Gasteiger partial charge in [-0.25, -0.2) is 4.98 Å². The number of methoxy groups -OCH3 is 2. The fourth-order valence-electron chi connectivity index (χ4n) is 1.88. The van der Waals surface area contributed by atoms with Crippen LogP contribution in [-0.2, 0) is 0 Å². The van der Waals surface area contributed by atoms with E-state index < -0.39 is 0 Å². The molecule has 0 unspecified atom stereocenters. The number of nitrogens with zero attached hydrogens (tertiary/aromatic N) is 2. The Morgan fingerprint density at radius 3 is 2.72 bits per heavy atom. The van der Waals surface area contributed by atoms with Gasteiger partial charge in [-0.3, -0.25) is 0 Å². The fraction of sp³-hybridized carbons (Fsp3) is 0.167. The first kappa shape index (κ1) is 10.6. The van der Waals surface area contributed by atoms with Crippen LogP contribution in [-0.4, -0.2) is 24.4 Å². The van der Waals surface area contributed by atoms with Crippen molar-refractivity contribution in [1.82, 2.24) is 10.1 Å². The van der Waals surface area contributed by atoms with E-state index in [0.717, 1.165) is 5.39 Å². The van der Waals surface area contributed by atoms with Gasteiger partial charge in [0.2, 0.25) is 11.5 Å². The van der Waals surface area contributed by atoms with E-state index in [4.69, 9.17) is 19.7 Å². The fourth-order valence-corrected chi connectivity index (χ4v) is 1.88. The summed E-state index contributed by atoms with van der Waals surface area (Å²) in [5, 5.41) is 5.32. The van der Waals surface area contributed by atoms with Gasteiger partial charge in [0.15, 0.2) is 0 Å². The van der Waals surface area contributed by atoms with E-state index in [0.29, 0.717) is 28.0 Å². The Kier molecular flexibility index (Phi) is 2.22. The van der Waals surface area contributed by atoms with E-state index in [-0.39, 0.29) is 5.88 Å². The molecule has 0 saturated carbocycles. The van der Waals surface area contributed by atoms with Gasteiger partial charge < -0.3 is 19.7 Å². The van der Waals surface area contributed by atoms with Crippen molar-refractivity contribution in [3.8, 4) is 11.5 Å². The third-order valence-electron chi connectivity index (χ3n) is 2.79. The lowest BCUT2D eigenvalue weighted by molar-refractivity contribution is 0.397. The lowest BCUT2D eigenvalue weighted by Crippen LogP contribution is -1.91. The summed E-state index contributed by atoms with van der Waals surface area (Å²) in [5.41, 5.74) is 6.83. The Labute approximate surface area is 102 Å². The summed E-state index contributed by atoms with van der Waals surface area (Å²) >= 11 is 0. The maximum Gasteiger partial charge on any atom is 0.231 e. The third kappa shape index (κ3) is 1.42. The standard InChI is InChI=1S/C12H11N3O3/c1-16-7-3-6-4-8-11(13)18-15-12(8)14-10(6)9(5-7)17-2/h3-5H,13H2,1-2H3. The molecule has 0 fully saturated rings. The van der Waals surface area contributed by atoms with Gasteiger partial charge in [0.1, 0.15) is 17.0 Å². The van der Waals surface area contributed by atoms with Crippen LogP contribution in [0.15, 0.2) is 22.7 Å². The molecule has 0 saturated heterocycles. The Hall–Kier alpha value is -2.50. The molecule has 3 aromatic rings. The molecule has 0 aliphatic rings. The molecule has 0 aliphatic heterocycles. The number of anilines is 1. The maximum atomic E-state index is 5.68. The number of aromatic nitrogens is 2. The van der Waals surface area contributed by atoms with Crippen LogP contribution < -0.4 is 15.2 Å². The molecular weight excluding hydrogens is 234 g/mol. The van der Waals surface area contributed by atoms with Crippen molar-refractivity contribution >= 4 is 27.8 Å². The van der Waals surface area contributed by atoms with Gasteiger partial charge in [0, 0.05) is 11.5 Å². The topological polar surface area (TPSA) is 83.4 Å². The molecule has 1 aromatic carbocycles. The normalized spacial score (nSPS) is 11.0. The largest absolute Gasteiger partial charge is 0.497 e. The number of nitrogens with two attached hydrogens (primary N) is 1. The summed E-state index contributed by atoms with van der Waals surface area (Å²) in [6.07, 6.45) is 0. The van der Waals surface area contributed by atoms with Gasteiger partial charge in [-0.2, -0.15) is 0 Å². The molecule has 2 aromatic heterocycles. The lowest BCUT2D eigenvalue weighted by atomic mass is 10.1. The summed E-state index contributed by atoms with van der Waals surface area (Å²) in [6.45, 7) is 0. The highest BCUT2D eigenvalue weighted by molar-refractivity contribution is 5.98. The Bertz CT molecular complexity index is 736. The van der Waals surface area contributed by atoms with E-state index in [1.165, 1.54) is 0 Å². The van der Waals surface area contributed by atoms with Crippen LogP contribution in [0.4, 0.5) is 5.88 Å². The number of ether oxygens (including phenoxy) is 2. The molecule has 18 heavy (non-hydrogen) atoms. The van der Waals surface area contributed by atoms with Crippen molar-refractivity contribution in [2.24, 2.45) is 0 Å². The van der Waals surface area contributed by atoms with Crippen LogP contribution in [0.25, 0.3) is 21.9 Å². The van der Waals surface area contributed by atoms with Gasteiger partial charge in [-0.1, -0.05) is 5.16 Å². The Balaban J connectivity index is 2.42. The lowest BCUT2D eigenvalue weighted by Gasteiger charge is -2.07. The molecule has 0 atom stereocenters. The number of nitrogen functional groups attached to an aromatic ring is 1. The van der Waals surface area contributed by atoms with E-state index in [1.807, 2.05) is 12.1 Å². The van der Waals surface area contributed by atoms with Crippen molar-refractivity contribution in [2.45, 2.75) is 0 Å². The number of rotatable bonds is 2. The van der Waals surface area contributed by atoms with Crippen molar-refractivity contribution in [2.75, 3.05) is 20.0 Å². The van der Waals surface area contributed by atoms with Crippen LogP contribution in [0.5, 0.6) is 11.5 Å². The van der Waals surface area contributed by atoms with Crippen LogP contribution in [0.1, 0.15) is 0 Å². The number of hydrogen-bond donors (Lipinski definition) is 1. The number of pyridine rings is 1. The summed E-state index contributed by atoms with van der Waals surface area (Å²) in [7, 11) is 3.18. The molecule has 0 radical (unpaired) electrons. The molecule has 2 N–H and O–H groups in total. The molecule has 6 heteroatoms. The van der Waals surface area contributed by atoms with Crippen molar-refractivity contribution in [1.29, 1.82) is 0 Å². The molecule has 92 valence electrons. The molecule has 0 amide bonds. The number of benzene rings is 1. The molecular formula is C12H11N3O3. The maximum absolute atomic E-state index is 5.68. The third-order valence-corrected chi connectivity index (χ3v) is 2.79. The van der Waals surface area contributed by atoms with Crippen LogP contribution in [0.2, 0.25) is 0 Å². The minimum absolute atomic E-state index is 0.251. The molecule has 0 spiro atoms. The van der Waals surface area contributed by atoms with Crippen molar-refractivity contribution in [3.63, 3.8) is 0 Å². The molecule has 3 rings (SSSR count). The summed E-state index contributed by atoms with van der Waals surface area (Å²) in [5.74, 6) is 1.56. The van der Waals surface area contributed by atoms with E-state index >= 15 is 0 Å². The zero-order chi connectivity index (χ0) is 12.7. The molecule has 2 heterocycles. The van der Waals surface area contributed by atoms with E-state index in [2.05, 4.69) is 10.1 Å². The second kappa shape index (κ2) is 3.76. The van der Waals surface area contributed by atoms with Crippen molar-refractivity contribution in [3.05, 3.63) is 18.2 Å². The SMILES string of the molecule is COc1cc(OC)c2nc3noc(N)c3cc2c1. The summed E-state index contributed by atoms with van der Waals surface area (Å²) in [4.78, 5) is 4.38. The highest BCUT2D eigenvalue weighted by Gasteiger charge is 2.12. The van der Waals surface area contributed by atoms with E-state index in [9.17, 15) is 0 Å². The first-order chi connectivity index (χ1) is 8.72. The zero-order valence-electron chi connectivity index (χ0n) is 9.93. The minimum atomic E-state index is 0.251. The average Bonchev–Trinajstić information content (AvgIpc) is 2.76. The first-order valence-corrected chi connectivity index (χ1v) is 5.30.